The van der Waals surface area contributed by atoms with E-state index in [1.165, 1.54) is 0 Å². The van der Waals surface area contributed by atoms with Crippen LogP contribution in [0.1, 0.15) is 33.1 Å². The Hall–Kier alpha value is -0.240. The number of aliphatic hydroxyl groups excluding tert-OH is 2. The van der Waals surface area contributed by atoms with Crippen LogP contribution in [0.3, 0.4) is 0 Å². The molecule has 2 atom stereocenters. The first-order valence-electron chi connectivity index (χ1n) is 8.17. The predicted octanol–water partition coefficient (Wildman–Crippen LogP) is 0.942. The Morgan fingerprint density at radius 2 is 1.55 bits per heavy atom. The molecule has 0 aromatic carbocycles. The van der Waals surface area contributed by atoms with Crippen LogP contribution in [0.5, 0.6) is 0 Å². The minimum Gasteiger partial charge on any atom is -0.396 e. The van der Waals surface area contributed by atoms with E-state index in [-0.39, 0.29) is 31.0 Å². The molecule has 2 rings (SSSR count). The Morgan fingerprint density at radius 1 is 0.955 bits per heavy atom. The van der Waals surface area contributed by atoms with E-state index in [0.29, 0.717) is 33.0 Å². The summed E-state index contributed by atoms with van der Waals surface area (Å²) in [4.78, 5) is 0. The molecule has 22 heavy (non-hydrogen) atoms. The van der Waals surface area contributed by atoms with E-state index in [0.717, 1.165) is 19.3 Å². The predicted molar refractivity (Wildman–Crippen MR) is 80.5 cm³/mol. The maximum Gasteiger partial charge on any atom is 0.154 e. The van der Waals surface area contributed by atoms with Crippen molar-refractivity contribution in [1.82, 2.24) is 0 Å². The number of hydrogen-bond acceptors (Lipinski definition) is 6. The summed E-state index contributed by atoms with van der Waals surface area (Å²) in [7, 11) is 0. The monoisotopic (exact) mass is 318 g/mol. The molecule has 0 aliphatic carbocycles. The van der Waals surface area contributed by atoms with Crippen LogP contribution in [0, 0.1) is 10.8 Å². The van der Waals surface area contributed by atoms with Crippen LogP contribution in [0.4, 0.5) is 0 Å². The molecule has 2 aliphatic heterocycles. The van der Waals surface area contributed by atoms with Gasteiger partial charge in [-0.2, -0.15) is 0 Å². The summed E-state index contributed by atoms with van der Waals surface area (Å²) >= 11 is 0. The summed E-state index contributed by atoms with van der Waals surface area (Å²) in [5.74, 6) is 0. The van der Waals surface area contributed by atoms with Crippen molar-refractivity contribution in [2.75, 3.05) is 46.2 Å². The third kappa shape index (κ3) is 4.63. The molecule has 130 valence electrons. The summed E-state index contributed by atoms with van der Waals surface area (Å²) in [6.45, 7) is 6.05. The molecule has 2 unspecified atom stereocenters. The highest BCUT2D eigenvalue weighted by molar-refractivity contribution is 4.84. The Labute approximate surface area is 132 Å². The van der Waals surface area contributed by atoms with E-state index in [2.05, 4.69) is 6.92 Å². The molecule has 0 aromatic heterocycles. The van der Waals surface area contributed by atoms with Gasteiger partial charge in [-0.05, 0) is 26.7 Å². The summed E-state index contributed by atoms with van der Waals surface area (Å²) in [6.07, 6.45) is 2.94. The molecule has 0 saturated carbocycles. The fourth-order valence-corrected chi connectivity index (χ4v) is 2.91. The fraction of sp³-hybridized carbons (Fsp3) is 1.00. The Balaban J connectivity index is 1.84. The van der Waals surface area contributed by atoms with Crippen LogP contribution in [0.15, 0.2) is 0 Å². The van der Waals surface area contributed by atoms with Crippen molar-refractivity contribution in [2.24, 2.45) is 10.8 Å². The van der Waals surface area contributed by atoms with Crippen molar-refractivity contribution >= 4 is 0 Å². The van der Waals surface area contributed by atoms with Gasteiger partial charge < -0.3 is 29.2 Å². The van der Waals surface area contributed by atoms with Crippen molar-refractivity contribution in [1.29, 1.82) is 0 Å². The molecule has 2 saturated heterocycles. The fourth-order valence-electron chi connectivity index (χ4n) is 2.91. The van der Waals surface area contributed by atoms with E-state index in [4.69, 9.17) is 18.9 Å². The zero-order chi connectivity index (χ0) is 16.1. The third-order valence-corrected chi connectivity index (χ3v) is 4.73. The molecule has 2 aliphatic rings. The molecule has 6 nitrogen and oxygen atoms in total. The van der Waals surface area contributed by atoms with Gasteiger partial charge >= 0.3 is 0 Å². The van der Waals surface area contributed by atoms with Crippen LogP contribution < -0.4 is 0 Å². The molecule has 6 heteroatoms. The van der Waals surface area contributed by atoms with Crippen LogP contribution in [0.2, 0.25) is 0 Å². The van der Waals surface area contributed by atoms with Crippen molar-refractivity contribution < 1.29 is 29.2 Å². The van der Waals surface area contributed by atoms with Crippen molar-refractivity contribution in [2.45, 2.75) is 45.5 Å². The largest absolute Gasteiger partial charge is 0.396 e. The Kier molecular flexibility index (Phi) is 6.61. The van der Waals surface area contributed by atoms with Gasteiger partial charge in [-0.15, -0.1) is 0 Å². The number of hydrogen-bond donors (Lipinski definition) is 2. The van der Waals surface area contributed by atoms with Gasteiger partial charge in [-0.1, -0.05) is 6.42 Å². The highest BCUT2D eigenvalue weighted by Gasteiger charge is 2.38. The third-order valence-electron chi connectivity index (χ3n) is 4.73. The topological polar surface area (TPSA) is 77.4 Å². The molecule has 2 heterocycles. The van der Waals surface area contributed by atoms with Gasteiger partial charge in [0.2, 0.25) is 0 Å². The minimum absolute atomic E-state index is 0.0423. The van der Waals surface area contributed by atoms with E-state index in [1.54, 1.807) is 0 Å². The zero-order valence-corrected chi connectivity index (χ0v) is 13.8. The smallest absolute Gasteiger partial charge is 0.154 e. The minimum atomic E-state index is -0.512. The summed E-state index contributed by atoms with van der Waals surface area (Å²) in [6, 6.07) is 0. The van der Waals surface area contributed by atoms with Gasteiger partial charge in [0.05, 0.1) is 57.8 Å². The van der Waals surface area contributed by atoms with Gasteiger partial charge in [-0.3, -0.25) is 0 Å². The second-order valence-electron chi connectivity index (χ2n) is 7.01. The second kappa shape index (κ2) is 8.04. The lowest BCUT2D eigenvalue weighted by molar-refractivity contribution is -0.241. The summed E-state index contributed by atoms with van der Waals surface area (Å²) in [5.41, 5.74) is -0.854. The first-order chi connectivity index (χ1) is 10.5. The molecule has 0 spiro atoms. The first kappa shape index (κ1) is 18.1. The maximum absolute atomic E-state index is 9.79. The van der Waals surface area contributed by atoms with E-state index in [1.807, 2.05) is 6.92 Å². The molecule has 0 amide bonds. The Morgan fingerprint density at radius 3 is 2.18 bits per heavy atom. The summed E-state index contributed by atoms with van der Waals surface area (Å²) < 4.78 is 22.6. The lowest BCUT2D eigenvalue weighted by Gasteiger charge is -2.38. The van der Waals surface area contributed by atoms with Crippen LogP contribution >= 0.6 is 0 Å². The standard InChI is InChI=1S/C16H30O6/c1-13-4-3-5-15(6-17,10-20-13)8-19-9-16(7-18)11-21-14(2)22-12-16/h13-14,17-18H,3-12H2,1-2H3. The molecular weight excluding hydrogens is 288 g/mol. The Bertz CT molecular complexity index is 329. The van der Waals surface area contributed by atoms with Gasteiger partial charge in [0.1, 0.15) is 0 Å². The zero-order valence-electron chi connectivity index (χ0n) is 13.8. The second-order valence-corrected chi connectivity index (χ2v) is 7.01. The van der Waals surface area contributed by atoms with Crippen LogP contribution in [-0.4, -0.2) is 68.9 Å². The average molecular weight is 318 g/mol. The van der Waals surface area contributed by atoms with Crippen molar-refractivity contribution in [3.8, 4) is 0 Å². The molecule has 2 fully saturated rings. The van der Waals surface area contributed by atoms with Gasteiger partial charge in [0.25, 0.3) is 0 Å². The van der Waals surface area contributed by atoms with Gasteiger partial charge in [-0.25, -0.2) is 0 Å². The molecule has 0 radical (unpaired) electrons. The highest BCUT2D eigenvalue weighted by atomic mass is 16.7. The lowest BCUT2D eigenvalue weighted by Crippen LogP contribution is -2.47. The molecule has 0 bridgehead atoms. The lowest BCUT2D eigenvalue weighted by atomic mass is 9.85. The summed E-state index contributed by atoms with van der Waals surface area (Å²) in [5, 5.41) is 19.4. The normalized spacial score (nSPS) is 40.4. The van der Waals surface area contributed by atoms with Gasteiger partial charge in [0.15, 0.2) is 6.29 Å². The number of ether oxygens (including phenoxy) is 4. The first-order valence-corrected chi connectivity index (χ1v) is 8.17. The average Bonchev–Trinajstić information content (AvgIpc) is 2.72. The SMILES string of the molecule is CC1CCCC(CO)(COCC2(CO)COC(C)OC2)CO1. The van der Waals surface area contributed by atoms with E-state index < -0.39 is 5.41 Å². The molecular formula is C16H30O6. The van der Waals surface area contributed by atoms with Crippen molar-refractivity contribution in [3.05, 3.63) is 0 Å². The molecule has 0 aromatic rings. The number of aliphatic hydroxyl groups is 2. The number of rotatable bonds is 6. The van der Waals surface area contributed by atoms with Crippen LogP contribution in [0.25, 0.3) is 0 Å². The van der Waals surface area contributed by atoms with E-state index in [9.17, 15) is 10.2 Å². The highest BCUT2D eigenvalue weighted by Crippen LogP contribution is 2.31. The maximum atomic E-state index is 9.79. The quantitative estimate of drug-likeness (QED) is 0.759. The van der Waals surface area contributed by atoms with Gasteiger partial charge in [0, 0.05) is 5.41 Å². The van der Waals surface area contributed by atoms with E-state index >= 15 is 0 Å². The van der Waals surface area contributed by atoms with Crippen molar-refractivity contribution in [3.63, 3.8) is 0 Å². The molecule has 2 N–H and O–H groups in total. The van der Waals surface area contributed by atoms with Crippen LogP contribution in [-0.2, 0) is 18.9 Å².